The monoisotopic (exact) mass is 476 g/mol. The van der Waals surface area contributed by atoms with E-state index in [-0.39, 0.29) is 35.9 Å². The number of carbonyl (C=O) groups excluding carboxylic acids is 1. The second kappa shape index (κ2) is 11.5. The Balaban J connectivity index is 1.54. The number of nitrogens with zero attached hydrogens (tertiary/aromatic N) is 1. The third-order valence-electron chi connectivity index (χ3n) is 6.20. The highest BCUT2D eigenvalue weighted by atomic mass is 32.2. The lowest BCUT2D eigenvalue weighted by Gasteiger charge is -2.41. The number of piperidine rings is 1. The van der Waals surface area contributed by atoms with E-state index in [9.17, 15) is 18.0 Å². The van der Waals surface area contributed by atoms with E-state index >= 15 is 0 Å². The number of amides is 1. The molecule has 6 nitrogen and oxygen atoms in total. The van der Waals surface area contributed by atoms with Crippen molar-refractivity contribution in [2.75, 3.05) is 26.5 Å². The molecule has 1 heterocycles. The first-order valence-corrected chi connectivity index (χ1v) is 12.1. The first-order valence-electron chi connectivity index (χ1n) is 10.9. The second-order valence-corrected chi connectivity index (χ2v) is 8.87. The van der Waals surface area contributed by atoms with Crippen LogP contribution in [0.1, 0.15) is 50.0 Å². The van der Waals surface area contributed by atoms with Gasteiger partial charge in [0.1, 0.15) is 5.75 Å². The summed E-state index contributed by atoms with van der Waals surface area (Å²) in [6, 6.07) is 6.28. The number of carbonyl (C=O) groups is 1. The smallest absolute Gasteiger partial charge is 0.453 e. The Bertz CT molecular complexity index is 742. The minimum Gasteiger partial charge on any atom is -0.453 e. The van der Waals surface area contributed by atoms with Crippen LogP contribution in [-0.4, -0.2) is 62.1 Å². The molecule has 180 valence electrons. The van der Waals surface area contributed by atoms with Gasteiger partial charge in [-0.15, -0.1) is 13.2 Å². The van der Waals surface area contributed by atoms with Gasteiger partial charge >= 0.3 is 12.5 Å². The fourth-order valence-corrected chi connectivity index (χ4v) is 5.24. The van der Waals surface area contributed by atoms with Crippen molar-refractivity contribution in [3.63, 3.8) is 0 Å². The Labute approximate surface area is 191 Å². The number of hydrogen-bond acceptors (Lipinski definition) is 6. The Kier molecular flexibility index (Phi) is 8.95. The Morgan fingerprint density at radius 1 is 1.22 bits per heavy atom. The number of likely N-dealkylation sites (tertiary alicyclic amines) is 1. The lowest BCUT2D eigenvalue weighted by atomic mass is 9.82. The molecule has 1 saturated heterocycles. The number of halogens is 3. The molecular formula is C22H31F3N2O4S. The van der Waals surface area contributed by atoms with Gasteiger partial charge in [0.25, 0.3) is 0 Å². The van der Waals surface area contributed by atoms with Crippen LogP contribution in [0.4, 0.5) is 18.0 Å². The van der Waals surface area contributed by atoms with Gasteiger partial charge in [0.05, 0.1) is 25.9 Å². The summed E-state index contributed by atoms with van der Waals surface area (Å²) >= 11 is 1.53. The molecule has 1 N–H and O–H groups in total. The van der Waals surface area contributed by atoms with Gasteiger partial charge in [-0.2, -0.15) is 0 Å². The van der Waals surface area contributed by atoms with Crippen molar-refractivity contribution in [3.05, 3.63) is 29.8 Å². The molecule has 1 aliphatic carbocycles. The van der Waals surface area contributed by atoms with Gasteiger partial charge in [-0.05, 0) is 68.4 Å². The highest BCUT2D eigenvalue weighted by Crippen LogP contribution is 2.36. The lowest BCUT2D eigenvalue weighted by Crippen LogP contribution is -2.57. The molecule has 1 aromatic carbocycles. The number of ether oxygens (including phenoxy) is 3. The van der Waals surface area contributed by atoms with Gasteiger partial charge in [-0.25, -0.2) is 4.79 Å². The van der Waals surface area contributed by atoms with E-state index in [1.54, 1.807) is 11.0 Å². The molecule has 1 saturated carbocycles. The van der Waals surface area contributed by atoms with Gasteiger partial charge < -0.3 is 19.1 Å². The van der Waals surface area contributed by atoms with Crippen LogP contribution in [0.2, 0.25) is 0 Å². The minimum atomic E-state index is -4.69. The van der Waals surface area contributed by atoms with Crippen LogP contribution >= 0.6 is 11.9 Å². The maximum atomic E-state index is 12.5. The fraction of sp³-hybridized carbons (Fsp3) is 0.682. The third kappa shape index (κ3) is 6.92. The molecule has 0 spiro atoms. The van der Waals surface area contributed by atoms with Gasteiger partial charge in [-0.1, -0.05) is 24.1 Å². The van der Waals surface area contributed by atoms with E-state index < -0.39 is 6.36 Å². The standard InChI is InChI=1S/C22H31F3N2O4S/c1-29-21(28)27-12-4-7-19(26-32-2)20(27)14-30-17-10-8-15(9-11-17)16-5-3-6-18(13-16)31-22(23,24)25/h3,5-6,13,15,17,19-20,26H,4,7-12,14H2,1-2H3/t15?,17?,19?,20-/m0/s1. The van der Waals surface area contributed by atoms with Gasteiger partial charge in [-0.3, -0.25) is 4.72 Å². The average Bonchev–Trinajstić information content (AvgIpc) is 2.77. The van der Waals surface area contributed by atoms with Crippen molar-refractivity contribution in [1.82, 2.24) is 9.62 Å². The van der Waals surface area contributed by atoms with Crippen molar-refractivity contribution < 1.29 is 32.2 Å². The van der Waals surface area contributed by atoms with Gasteiger partial charge in [0.15, 0.2) is 0 Å². The van der Waals surface area contributed by atoms with E-state index in [4.69, 9.17) is 9.47 Å². The van der Waals surface area contributed by atoms with Crippen molar-refractivity contribution in [3.8, 4) is 5.75 Å². The molecule has 1 aliphatic heterocycles. The summed E-state index contributed by atoms with van der Waals surface area (Å²) in [7, 11) is 1.39. The summed E-state index contributed by atoms with van der Waals surface area (Å²) in [5.74, 6) is -0.000280. The molecule has 1 unspecified atom stereocenters. The third-order valence-corrected chi connectivity index (χ3v) is 6.74. The van der Waals surface area contributed by atoms with E-state index in [1.807, 2.05) is 12.3 Å². The van der Waals surface area contributed by atoms with Crippen LogP contribution in [0.25, 0.3) is 0 Å². The second-order valence-electron chi connectivity index (χ2n) is 8.23. The molecule has 2 atom stereocenters. The predicted molar refractivity (Wildman–Crippen MR) is 117 cm³/mol. The number of alkyl halides is 3. The zero-order chi connectivity index (χ0) is 23.1. The summed E-state index contributed by atoms with van der Waals surface area (Å²) in [5.41, 5.74) is 0.860. The van der Waals surface area contributed by atoms with Crippen LogP contribution in [0, 0.1) is 0 Å². The van der Waals surface area contributed by atoms with E-state index in [2.05, 4.69) is 9.46 Å². The molecule has 32 heavy (non-hydrogen) atoms. The van der Waals surface area contributed by atoms with Gasteiger partial charge in [0, 0.05) is 12.6 Å². The lowest BCUT2D eigenvalue weighted by molar-refractivity contribution is -0.274. The quantitative estimate of drug-likeness (QED) is 0.553. The highest BCUT2D eigenvalue weighted by Gasteiger charge is 2.36. The summed E-state index contributed by atoms with van der Waals surface area (Å²) in [6.07, 6.45) is 2.18. The summed E-state index contributed by atoms with van der Waals surface area (Å²) in [6.45, 7) is 1.08. The maximum absolute atomic E-state index is 12.5. The number of rotatable bonds is 7. The molecule has 1 aromatic rings. The van der Waals surface area contributed by atoms with E-state index in [1.165, 1.54) is 31.2 Å². The summed E-state index contributed by atoms with van der Waals surface area (Å²) in [5, 5.41) is 0. The van der Waals surface area contributed by atoms with Crippen LogP contribution < -0.4 is 9.46 Å². The van der Waals surface area contributed by atoms with Crippen molar-refractivity contribution in [1.29, 1.82) is 0 Å². The van der Waals surface area contributed by atoms with Crippen LogP contribution in [0.5, 0.6) is 5.75 Å². The maximum Gasteiger partial charge on any atom is 0.573 e. The first kappa shape index (κ1) is 25.0. The summed E-state index contributed by atoms with van der Waals surface area (Å²) in [4.78, 5) is 14.0. The predicted octanol–water partition coefficient (Wildman–Crippen LogP) is 5.10. The molecule has 2 fully saturated rings. The SMILES string of the molecule is COC(=O)N1CCCC(NSC)[C@@H]1COC1CCC(c2cccc(OC(F)(F)F)c2)CC1. The molecule has 10 heteroatoms. The van der Waals surface area contributed by atoms with Crippen molar-refractivity contribution in [2.24, 2.45) is 0 Å². The normalized spacial score (nSPS) is 26.6. The largest absolute Gasteiger partial charge is 0.573 e. The zero-order valence-electron chi connectivity index (χ0n) is 18.4. The molecule has 0 aromatic heterocycles. The minimum absolute atomic E-state index is 0.0669. The Hall–Kier alpha value is -1.65. The fourth-order valence-electron chi connectivity index (χ4n) is 4.66. The highest BCUT2D eigenvalue weighted by molar-refractivity contribution is 7.96. The molecule has 3 rings (SSSR count). The number of methoxy groups -OCH3 is 1. The van der Waals surface area contributed by atoms with Crippen molar-refractivity contribution in [2.45, 2.75) is 69.0 Å². The first-order chi connectivity index (χ1) is 15.3. The number of hydrogen-bond donors (Lipinski definition) is 1. The molecule has 0 bridgehead atoms. The molecule has 1 amide bonds. The Morgan fingerprint density at radius 3 is 2.62 bits per heavy atom. The van der Waals surface area contributed by atoms with Gasteiger partial charge in [0.2, 0.25) is 0 Å². The van der Waals surface area contributed by atoms with Crippen molar-refractivity contribution >= 4 is 18.0 Å². The average molecular weight is 477 g/mol. The van der Waals surface area contributed by atoms with E-state index in [0.717, 1.165) is 44.1 Å². The van der Waals surface area contributed by atoms with Crippen LogP contribution in [0.3, 0.4) is 0 Å². The van der Waals surface area contributed by atoms with Crippen LogP contribution in [-0.2, 0) is 9.47 Å². The zero-order valence-corrected chi connectivity index (χ0v) is 19.2. The van der Waals surface area contributed by atoms with E-state index in [0.29, 0.717) is 13.2 Å². The topological polar surface area (TPSA) is 60.0 Å². The summed E-state index contributed by atoms with van der Waals surface area (Å²) < 4.78 is 56.1. The number of benzene rings is 1. The number of nitrogens with one attached hydrogen (secondary N) is 1. The molecular weight excluding hydrogens is 445 g/mol. The molecule has 0 radical (unpaired) electrons. The molecule has 2 aliphatic rings. The Morgan fingerprint density at radius 2 is 1.97 bits per heavy atom. The van der Waals surface area contributed by atoms with Crippen LogP contribution in [0.15, 0.2) is 24.3 Å².